The van der Waals surface area contributed by atoms with Crippen LogP contribution in [-0.2, 0) is 0 Å². The summed E-state index contributed by atoms with van der Waals surface area (Å²) in [7, 11) is 0. The predicted octanol–water partition coefficient (Wildman–Crippen LogP) is 2.83. The number of nitrogens with two attached hydrogens (primary N) is 1. The molecule has 2 rings (SSSR count). The summed E-state index contributed by atoms with van der Waals surface area (Å²) in [5, 5.41) is 2.97. The van der Waals surface area contributed by atoms with Crippen LogP contribution >= 0.6 is 11.3 Å². The molecule has 0 saturated heterocycles. The Kier molecular flexibility index (Phi) is 3.85. The average molecular weight is 275 g/mol. The van der Waals surface area contributed by atoms with Gasteiger partial charge in [0.25, 0.3) is 5.91 Å². The van der Waals surface area contributed by atoms with E-state index in [0.29, 0.717) is 11.4 Å². The highest BCUT2D eigenvalue weighted by molar-refractivity contribution is 7.12. The Morgan fingerprint density at radius 1 is 1.37 bits per heavy atom. The lowest BCUT2D eigenvalue weighted by atomic mass is 10.2. The zero-order valence-corrected chi connectivity index (χ0v) is 12.0. The molecule has 1 amide bonds. The summed E-state index contributed by atoms with van der Waals surface area (Å²) in [4.78, 5) is 18.6. The zero-order chi connectivity index (χ0) is 14.0. The lowest BCUT2D eigenvalue weighted by Crippen LogP contribution is -2.26. The molecule has 5 heteroatoms. The highest BCUT2D eigenvalue weighted by Crippen LogP contribution is 2.22. The van der Waals surface area contributed by atoms with Crippen molar-refractivity contribution in [3.05, 3.63) is 45.3 Å². The molecular weight excluding hydrogens is 258 g/mol. The first kappa shape index (κ1) is 13.5. The van der Waals surface area contributed by atoms with Crippen LogP contribution in [0.2, 0.25) is 0 Å². The third kappa shape index (κ3) is 3.32. The van der Waals surface area contributed by atoms with E-state index in [9.17, 15) is 4.79 Å². The Bertz CT molecular complexity index is 586. The van der Waals surface area contributed by atoms with Crippen molar-refractivity contribution >= 4 is 23.1 Å². The number of hydrogen-bond acceptors (Lipinski definition) is 4. The van der Waals surface area contributed by atoms with E-state index < -0.39 is 0 Å². The van der Waals surface area contributed by atoms with E-state index >= 15 is 0 Å². The normalized spacial score (nSPS) is 12.2. The molecule has 0 saturated carbocycles. The SMILES string of the molecule is Cc1cc(C(=O)NC(C)c2ccc(C)s2)cc(N)n1. The first-order valence-electron chi connectivity index (χ1n) is 6.07. The summed E-state index contributed by atoms with van der Waals surface area (Å²) < 4.78 is 0. The molecule has 0 spiro atoms. The molecule has 0 aliphatic rings. The molecule has 19 heavy (non-hydrogen) atoms. The van der Waals surface area contributed by atoms with Gasteiger partial charge in [-0.05, 0) is 45.0 Å². The quantitative estimate of drug-likeness (QED) is 0.905. The first-order valence-corrected chi connectivity index (χ1v) is 6.88. The number of aromatic nitrogens is 1. The van der Waals surface area contributed by atoms with E-state index in [1.165, 1.54) is 4.88 Å². The van der Waals surface area contributed by atoms with Crippen molar-refractivity contribution in [1.82, 2.24) is 10.3 Å². The van der Waals surface area contributed by atoms with Gasteiger partial charge in [0.2, 0.25) is 0 Å². The molecule has 3 N–H and O–H groups in total. The number of nitrogens with zero attached hydrogens (tertiary/aromatic N) is 1. The third-order valence-electron chi connectivity index (χ3n) is 2.77. The van der Waals surface area contributed by atoms with Gasteiger partial charge >= 0.3 is 0 Å². The van der Waals surface area contributed by atoms with Crippen molar-refractivity contribution in [2.24, 2.45) is 0 Å². The topological polar surface area (TPSA) is 68.0 Å². The van der Waals surface area contributed by atoms with Crippen molar-refractivity contribution in [2.75, 3.05) is 5.73 Å². The van der Waals surface area contributed by atoms with E-state index in [1.54, 1.807) is 23.5 Å². The number of aryl methyl sites for hydroxylation is 2. The van der Waals surface area contributed by atoms with E-state index in [2.05, 4.69) is 23.3 Å². The summed E-state index contributed by atoms with van der Waals surface area (Å²) in [6, 6.07) is 7.40. The largest absolute Gasteiger partial charge is 0.384 e. The van der Waals surface area contributed by atoms with Crippen LogP contribution in [-0.4, -0.2) is 10.9 Å². The summed E-state index contributed by atoms with van der Waals surface area (Å²) in [5.41, 5.74) is 6.94. The van der Waals surface area contributed by atoms with Crippen LogP contribution in [0, 0.1) is 13.8 Å². The van der Waals surface area contributed by atoms with Crippen LogP contribution < -0.4 is 11.1 Å². The Labute approximate surface area is 116 Å². The third-order valence-corrected chi connectivity index (χ3v) is 3.95. The summed E-state index contributed by atoms with van der Waals surface area (Å²) in [6.45, 7) is 5.84. The average Bonchev–Trinajstić information content (AvgIpc) is 2.74. The number of nitrogen functional groups attached to an aromatic ring is 1. The van der Waals surface area contributed by atoms with Crippen molar-refractivity contribution < 1.29 is 4.79 Å². The van der Waals surface area contributed by atoms with Crippen LogP contribution in [0.4, 0.5) is 5.82 Å². The molecule has 1 unspecified atom stereocenters. The molecule has 2 aromatic rings. The maximum absolute atomic E-state index is 12.1. The fourth-order valence-corrected chi connectivity index (χ4v) is 2.74. The van der Waals surface area contributed by atoms with Gasteiger partial charge in [0, 0.05) is 21.0 Å². The molecule has 4 nitrogen and oxygen atoms in total. The smallest absolute Gasteiger partial charge is 0.251 e. The predicted molar refractivity (Wildman–Crippen MR) is 78.3 cm³/mol. The maximum Gasteiger partial charge on any atom is 0.251 e. The van der Waals surface area contributed by atoms with Gasteiger partial charge in [-0.1, -0.05) is 0 Å². The molecule has 2 heterocycles. The van der Waals surface area contributed by atoms with E-state index in [4.69, 9.17) is 5.73 Å². The van der Waals surface area contributed by atoms with Crippen LogP contribution in [0.15, 0.2) is 24.3 Å². The number of amides is 1. The Morgan fingerprint density at radius 3 is 2.68 bits per heavy atom. The minimum atomic E-state index is -0.129. The number of anilines is 1. The molecule has 100 valence electrons. The van der Waals surface area contributed by atoms with Crippen molar-refractivity contribution in [1.29, 1.82) is 0 Å². The fourth-order valence-electron chi connectivity index (χ4n) is 1.86. The van der Waals surface area contributed by atoms with Gasteiger partial charge in [-0.2, -0.15) is 0 Å². The highest BCUT2D eigenvalue weighted by atomic mass is 32.1. The van der Waals surface area contributed by atoms with Gasteiger partial charge in [0.15, 0.2) is 0 Å². The second-order valence-corrected chi connectivity index (χ2v) is 5.89. The second kappa shape index (κ2) is 5.40. The number of carbonyl (C=O) groups excluding carboxylic acids is 1. The van der Waals surface area contributed by atoms with Gasteiger partial charge in [0.05, 0.1) is 6.04 Å². The summed E-state index contributed by atoms with van der Waals surface area (Å²) >= 11 is 1.69. The van der Waals surface area contributed by atoms with Crippen LogP contribution in [0.1, 0.15) is 38.8 Å². The molecule has 0 aliphatic carbocycles. The van der Waals surface area contributed by atoms with Crippen LogP contribution in [0.5, 0.6) is 0 Å². The Hall–Kier alpha value is -1.88. The number of pyridine rings is 1. The molecule has 0 radical (unpaired) electrons. The molecule has 0 fully saturated rings. The highest BCUT2D eigenvalue weighted by Gasteiger charge is 2.13. The molecule has 1 atom stereocenters. The number of rotatable bonds is 3. The molecule has 2 aromatic heterocycles. The first-order chi connectivity index (χ1) is 8.95. The van der Waals surface area contributed by atoms with Gasteiger partial charge in [-0.3, -0.25) is 4.79 Å². The van der Waals surface area contributed by atoms with Gasteiger partial charge < -0.3 is 11.1 Å². The van der Waals surface area contributed by atoms with E-state index in [1.807, 2.05) is 19.9 Å². The van der Waals surface area contributed by atoms with Gasteiger partial charge in [-0.25, -0.2) is 4.98 Å². The lowest BCUT2D eigenvalue weighted by molar-refractivity contribution is 0.0940. The fraction of sp³-hybridized carbons (Fsp3) is 0.286. The lowest BCUT2D eigenvalue weighted by Gasteiger charge is -2.12. The maximum atomic E-state index is 12.1. The van der Waals surface area contributed by atoms with Crippen LogP contribution in [0.3, 0.4) is 0 Å². The molecule has 0 bridgehead atoms. The van der Waals surface area contributed by atoms with Gasteiger partial charge in [-0.15, -0.1) is 11.3 Å². The standard InChI is InChI=1S/C14H17N3OS/c1-8-6-11(7-13(15)16-8)14(18)17-10(3)12-5-4-9(2)19-12/h4-7,10H,1-3H3,(H2,15,16)(H,17,18). The summed E-state index contributed by atoms with van der Waals surface area (Å²) in [5.74, 6) is 0.237. The second-order valence-electron chi connectivity index (χ2n) is 4.57. The minimum Gasteiger partial charge on any atom is -0.384 e. The van der Waals surface area contributed by atoms with E-state index in [0.717, 1.165) is 10.6 Å². The minimum absolute atomic E-state index is 0.0131. The van der Waals surface area contributed by atoms with Gasteiger partial charge in [0.1, 0.15) is 5.82 Å². The van der Waals surface area contributed by atoms with Crippen molar-refractivity contribution in [2.45, 2.75) is 26.8 Å². The van der Waals surface area contributed by atoms with E-state index in [-0.39, 0.29) is 11.9 Å². The number of nitrogens with one attached hydrogen (secondary N) is 1. The van der Waals surface area contributed by atoms with Crippen molar-refractivity contribution in [3.8, 4) is 0 Å². The van der Waals surface area contributed by atoms with Crippen molar-refractivity contribution in [3.63, 3.8) is 0 Å². The Morgan fingerprint density at radius 2 is 2.11 bits per heavy atom. The molecule has 0 aliphatic heterocycles. The Balaban J connectivity index is 2.12. The van der Waals surface area contributed by atoms with Crippen LogP contribution in [0.25, 0.3) is 0 Å². The summed E-state index contributed by atoms with van der Waals surface area (Å²) in [6.07, 6.45) is 0. The molecular formula is C14H17N3OS. The number of hydrogen-bond donors (Lipinski definition) is 2. The number of carbonyl (C=O) groups is 1. The zero-order valence-electron chi connectivity index (χ0n) is 11.2. The molecule has 0 aromatic carbocycles. The monoisotopic (exact) mass is 275 g/mol. The number of thiophene rings is 1.